The van der Waals surface area contributed by atoms with Gasteiger partial charge in [-0.15, -0.1) is 0 Å². The zero-order valence-corrected chi connectivity index (χ0v) is 14.1. The summed E-state index contributed by atoms with van der Waals surface area (Å²) in [6.45, 7) is 2.73. The Hall–Kier alpha value is -1.68. The van der Waals surface area contributed by atoms with Crippen molar-refractivity contribution >= 4 is 0 Å². The van der Waals surface area contributed by atoms with Gasteiger partial charge in [0.25, 0.3) is 0 Å². The van der Waals surface area contributed by atoms with Gasteiger partial charge in [0, 0.05) is 12.0 Å². The Bertz CT molecular complexity index is 606. The molecule has 1 saturated heterocycles. The summed E-state index contributed by atoms with van der Waals surface area (Å²) in [6, 6.07) is 20.5. The lowest BCUT2D eigenvalue weighted by Gasteiger charge is -2.41. The summed E-state index contributed by atoms with van der Waals surface area (Å²) in [5.41, 5.74) is 2.29. The predicted octanol–water partition coefficient (Wildman–Crippen LogP) is 2.62. The fourth-order valence-electron chi connectivity index (χ4n) is 3.74. The Kier molecular flexibility index (Phi) is 5.67. The molecule has 1 aliphatic heterocycles. The minimum atomic E-state index is -0.342. The third-order valence-electron chi connectivity index (χ3n) is 5.29. The van der Waals surface area contributed by atoms with Crippen molar-refractivity contribution in [1.82, 2.24) is 4.90 Å². The summed E-state index contributed by atoms with van der Waals surface area (Å²) in [5.74, 6) is 0. The lowest BCUT2D eigenvalue weighted by atomic mass is 9.73. The molecule has 3 nitrogen and oxygen atoms in total. The largest absolute Gasteiger partial charge is 0.395 e. The smallest absolute Gasteiger partial charge is 0.0707 e. The van der Waals surface area contributed by atoms with Gasteiger partial charge in [0.2, 0.25) is 0 Å². The van der Waals surface area contributed by atoms with E-state index in [-0.39, 0.29) is 18.1 Å². The van der Waals surface area contributed by atoms with Crippen LogP contribution in [0.3, 0.4) is 0 Å². The van der Waals surface area contributed by atoms with Gasteiger partial charge in [0.15, 0.2) is 0 Å². The molecule has 0 saturated carbocycles. The summed E-state index contributed by atoms with van der Waals surface area (Å²) in [4.78, 5) is 2.32. The quantitative estimate of drug-likeness (QED) is 0.858. The number of piperidine rings is 1. The molecule has 1 heterocycles. The number of hydrogen-bond acceptors (Lipinski definition) is 3. The maximum Gasteiger partial charge on any atom is 0.0707 e. The standard InChI is InChI=1S/C21H27NO2/c23-17-21(19-9-5-2-6-10-19)11-13-22(14-12-21)16-20(24)15-18-7-3-1-4-8-18/h1-10,20,23-24H,11-17H2/t20-/m0/s1. The van der Waals surface area contributed by atoms with E-state index in [2.05, 4.69) is 29.2 Å². The van der Waals surface area contributed by atoms with Crippen LogP contribution < -0.4 is 0 Å². The van der Waals surface area contributed by atoms with E-state index < -0.39 is 0 Å². The van der Waals surface area contributed by atoms with Crippen LogP contribution in [0.4, 0.5) is 0 Å². The van der Waals surface area contributed by atoms with Crippen LogP contribution in [0, 0.1) is 0 Å². The monoisotopic (exact) mass is 325 g/mol. The molecule has 2 aromatic carbocycles. The average Bonchev–Trinajstić information content (AvgIpc) is 2.64. The molecule has 128 valence electrons. The van der Waals surface area contributed by atoms with Crippen LogP contribution in [0.2, 0.25) is 0 Å². The lowest BCUT2D eigenvalue weighted by Crippen LogP contribution is -2.47. The molecule has 1 fully saturated rings. The van der Waals surface area contributed by atoms with Crippen molar-refractivity contribution in [3.05, 3.63) is 71.8 Å². The minimum absolute atomic E-state index is 0.123. The van der Waals surface area contributed by atoms with E-state index in [0.29, 0.717) is 13.0 Å². The van der Waals surface area contributed by atoms with Crippen LogP contribution in [-0.4, -0.2) is 47.5 Å². The normalized spacial score (nSPS) is 19.1. The van der Waals surface area contributed by atoms with Gasteiger partial charge >= 0.3 is 0 Å². The Morgan fingerprint density at radius 3 is 2.08 bits per heavy atom. The minimum Gasteiger partial charge on any atom is -0.395 e. The van der Waals surface area contributed by atoms with Crippen LogP contribution >= 0.6 is 0 Å². The predicted molar refractivity (Wildman–Crippen MR) is 97.0 cm³/mol. The summed E-state index contributed by atoms with van der Waals surface area (Å²) < 4.78 is 0. The van der Waals surface area contributed by atoms with Crippen molar-refractivity contribution in [2.45, 2.75) is 30.8 Å². The molecule has 0 radical (unpaired) electrons. The van der Waals surface area contributed by atoms with Gasteiger partial charge in [-0.2, -0.15) is 0 Å². The highest BCUT2D eigenvalue weighted by Gasteiger charge is 2.35. The van der Waals surface area contributed by atoms with Crippen molar-refractivity contribution < 1.29 is 10.2 Å². The van der Waals surface area contributed by atoms with E-state index in [1.165, 1.54) is 11.1 Å². The number of nitrogens with zero attached hydrogens (tertiary/aromatic N) is 1. The molecular weight excluding hydrogens is 298 g/mol. The molecule has 24 heavy (non-hydrogen) atoms. The number of benzene rings is 2. The SMILES string of the molecule is OCC1(c2ccccc2)CCN(C[C@@H](O)Cc2ccccc2)CC1. The van der Waals surface area contributed by atoms with Crippen LogP contribution in [0.25, 0.3) is 0 Å². The van der Waals surface area contributed by atoms with Crippen molar-refractivity contribution in [3.63, 3.8) is 0 Å². The zero-order valence-electron chi connectivity index (χ0n) is 14.1. The zero-order chi connectivity index (χ0) is 16.8. The molecule has 2 N–H and O–H groups in total. The Balaban J connectivity index is 1.55. The first-order valence-corrected chi connectivity index (χ1v) is 8.83. The fraction of sp³-hybridized carbons (Fsp3) is 0.429. The maximum absolute atomic E-state index is 10.4. The van der Waals surface area contributed by atoms with E-state index in [1.54, 1.807) is 0 Å². The summed E-state index contributed by atoms with van der Waals surface area (Å²) in [5, 5.41) is 20.4. The highest BCUT2D eigenvalue weighted by Crippen LogP contribution is 2.35. The second kappa shape index (κ2) is 7.93. The third kappa shape index (κ3) is 4.04. The Labute approximate surface area is 144 Å². The number of rotatable bonds is 6. The van der Waals surface area contributed by atoms with E-state index >= 15 is 0 Å². The number of aliphatic hydroxyl groups is 2. The topological polar surface area (TPSA) is 43.7 Å². The summed E-state index contributed by atoms with van der Waals surface area (Å²) >= 11 is 0. The average molecular weight is 325 g/mol. The first-order chi connectivity index (χ1) is 11.7. The van der Waals surface area contributed by atoms with E-state index in [4.69, 9.17) is 0 Å². The highest BCUT2D eigenvalue weighted by atomic mass is 16.3. The van der Waals surface area contributed by atoms with E-state index in [1.807, 2.05) is 36.4 Å². The van der Waals surface area contributed by atoms with Crippen LogP contribution in [-0.2, 0) is 11.8 Å². The van der Waals surface area contributed by atoms with Gasteiger partial charge in [-0.3, -0.25) is 0 Å². The van der Waals surface area contributed by atoms with Crippen molar-refractivity contribution in [3.8, 4) is 0 Å². The molecule has 0 bridgehead atoms. The van der Waals surface area contributed by atoms with E-state index in [0.717, 1.165) is 25.9 Å². The fourth-order valence-corrected chi connectivity index (χ4v) is 3.74. The number of aliphatic hydroxyl groups excluding tert-OH is 2. The van der Waals surface area contributed by atoms with Gasteiger partial charge in [-0.05, 0) is 43.5 Å². The molecule has 1 aliphatic rings. The maximum atomic E-state index is 10.4. The van der Waals surface area contributed by atoms with Crippen LogP contribution in [0.15, 0.2) is 60.7 Å². The molecule has 3 rings (SSSR count). The molecule has 1 atom stereocenters. The van der Waals surface area contributed by atoms with Gasteiger partial charge in [0.05, 0.1) is 12.7 Å². The second-order valence-electron chi connectivity index (χ2n) is 6.95. The summed E-state index contributed by atoms with van der Waals surface area (Å²) in [7, 11) is 0. The number of hydrogen-bond donors (Lipinski definition) is 2. The van der Waals surface area contributed by atoms with E-state index in [9.17, 15) is 10.2 Å². The van der Waals surface area contributed by atoms with Crippen molar-refractivity contribution in [1.29, 1.82) is 0 Å². The second-order valence-corrected chi connectivity index (χ2v) is 6.95. The first kappa shape index (κ1) is 17.2. The van der Waals surface area contributed by atoms with Gasteiger partial charge < -0.3 is 15.1 Å². The highest BCUT2D eigenvalue weighted by molar-refractivity contribution is 5.26. The number of likely N-dealkylation sites (tertiary alicyclic amines) is 1. The number of β-amino-alcohol motifs (C(OH)–C–C–N with tert-alkyl or cyclic N) is 1. The third-order valence-corrected chi connectivity index (χ3v) is 5.29. The Morgan fingerprint density at radius 1 is 0.917 bits per heavy atom. The molecular formula is C21H27NO2. The molecule has 0 aliphatic carbocycles. The Morgan fingerprint density at radius 2 is 1.50 bits per heavy atom. The molecule has 3 heteroatoms. The molecule has 0 unspecified atom stereocenters. The molecule has 0 aromatic heterocycles. The van der Waals surface area contributed by atoms with Crippen molar-refractivity contribution in [2.75, 3.05) is 26.2 Å². The molecule has 2 aromatic rings. The lowest BCUT2D eigenvalue weighted by molar-refractivity contribution is 0.0619. The van der Waals surface area contributed by atoms with Crippen LogP contribution in [0.1, 0.15) is 24.0 Å². The van der Waals surface area contributed by atoms with Gasteiger partial charge in [-0.1, -0.05) is 60.7 Å². The van der Waals surface area contributed by atoms with Crippen molar-refractivity contribution in [2.24, 2.45) is 0 Å². The molecule has 0 amide bonds. The first-order valence-electron chi connectivity index (χ1n) is 8.83. The molecule has 0 spiro atoms. The summed E-state index contributed by atoms with van der Waals surface area (Å²) in [6.07, 6.45) is 2.23. The van der Waals surface area contributed by atoms with Crippen LogP contribution in [0.5, 0.6) is 0 Å². The van der Waals surface area contributed by atoms with Gasteiger partial charge in [-0.25, -0.2) is 0 Å². The van der Waals surface area contributed by atoms with Gasteiger partial charge in [0.1, 0.15) is 0 Å².